The summed E-state index contributed by atoms with van der Waals surface area (Å²) in [5.74, 6) is -0.246. The third-order valence-electron chi connectivity index (χ3n) is 2.66. The molecule has 5 nitrogen and oxygen atoms in total. The van der Waals surface area contributed by atoms with Gasteiger partial charge in [-0.3, -0.25) is 4.79 Å². The number of carbonyl (C=O) groups excluding carboxylic acids is 2. The van der Waals surface area contributed by atoms with E-state index in [2.05, 4.69) is 10.6 Å². The molecule has 1 rings (SSSR count). The second kappa shape index (κ2) is 7.41. The summed E-state index contributed by atoms with van der Waals surface area (Å²) in [6, 6.07) is 8.88. The quantitative estimate of drug-likeness (QED) is 0.854. The van der Waals surface area contributed by atoms with Gasteiger partial charge in [0.2, 0.25) is 5.91 Å². The lowest BCUT2D eigenvalue weighted by atomic mass is 10.1. The van der Waals surface area contributed by atoms with Crippen LogP contribution in [0, 0.1) is 0 Å². The van der Waals surface area contributed by atoms with Gasteiger partial charge in [0.1, 0.15) is 6.04 Å². The number of nitrogens with one attached hydrogen (secondary N) is 2. The number of rotatable bonds is 5. The molecule has 0 aliphatic heterocycles. The summed E-state index contributed by atoms with van der Waals surface area (Å²) < 4.78 is 4.72. The minimum absolute atomic E-state index is 0.111. The van der Waals surface area contributed by atoms with Crippen LogP contribution in [0.2, 0.25) is 0 Å². The normalized spacial score (nSPS) is 13.2. The standard InChI is InChI=1S/C14H20N2O3/c1-4-19-14(18)16-11(3)13(17)15-10(2)12-8-6-5-7-9-12/h5-11H,4H2,1-3H3,(H,15,17)(H,16,18)/t10-,11-/m1/s1. The number of ether oxygens (including phenoxy) is 1. The van der Waals surface area contributed by atoms with Gasteiger partial charge in [0, 0.05) is 0 Å². The van der Waals surface area contributed by atoms with Gasteiger partial charge in [-0.2, -0.15) is 0 Å². The zero-order valence-electron chi connectivity index (χ0n) is 11.5. The second-order valence-corrected chi connectivity index (χ2v) is 4.23. The molecule has 0 spiro atoms. The van der Waals surface area contributed by atoms with Gasteiger partial charge in [-0.15, -0.1) is 0 Å². The molecule has 0 radical (unpaired) electrons. The van der Waals surface area contributed by atoms with Crippen molar-refractivity contribution in [2.75, 3.05) is 6.61 Å². The SMILES string of the molecule is CCOC(=O)N[C@H](C)C(=O)N[C@H](C)c1ccccc1. The molecule has 0 bridgehead atoms. The molecule has 0 aliphatic rings. The molecule has 0 saturated heterocycles. The van der Waals surface area contributed by atoms with Crippen LogP contribution in [0.1, 0.15) is 32.4 Å². The molecule has 0 unspecified atom stereocenters. The van der Waals surface area contributed by atoms with E-state index in [0.29, 0.717) is 0 Å². The van der Waals surface area contributed by atoms with Gasteiger partial charge in [0.15, 0.2) is 0 Å². The van der Waals surface area contributed by atoms with E-state index in [4.69, 9.17) is 4.74 Å². The molecule has 0 saturated carbocycles. The Bertz CT molecular complexity index is 420. The first kappa shape index (κ1) is 15.0. The molecule has 5 heteroatoms. The first-order valence-electron chi connectivity index (χ1n) is 6.33. The number of hydrogen-bond donors (Lipinski definition) is 2. The van der Waals surface area contributed by atoms with E-state index in [1.54, 1.807) is 13.8 Å². The van der Waals surface area contributed by atoms with Crippen LogP contribution in [0.25, 0.3) is 0 Å². The summed E-state index contributed by atoms with van der Waals surface area (Å²) in [5.41, 5.74) is 1.01. The second-order valence-electron chi connectivity index (χ2n) is 4.23. The van der Waals surface area contributed by atoms with Crippen molar-refractivity contribution < 1.29 is 14.3 Å². The Labute approximate surface area is 113 Å². The van der Waals surface area contributed by atoms with Crippen LogP contribution in [0.4, 0.5) is 4.79 Å². The molecule has 0 fully saturated rings. The van der Waals surface area contributed by atoms with Crippen LogP contribution in [0.5, 0.6) is 0 Å². The van der Waals surface area contributed by atoms with Gasteiger partial charge in [-0.1, -0.05) is 30.3 Å². The molecule has 1 aromatic carbocycles. The first-order chi connectivity index (χ1) is 9.04. The number of benzene rings is 1. The summed E-state index contributed by atoms with van der Waals surface area (Å²) >= 11 is 0. The minimum Gasteiger partial charge on any atom is -0.450 e. The maximum atomic E-state index is 11.9. The van der Waals surface area contributed by atoms with E-state index < -0.39 is 12.1 Å². The smallest absolute Gasteiger partial charge is 0.407 e. The average molecular weight is 264 g/mol. The molecular weight excluding hydrogens is 244 g/mol. The Morgan fingerprint density at radius 2 is 1.79 bits per heavy atom. The van der Waals surface area contributed by atoms with Crippen molar-refractivity contribution in [1.82, 2.24) is 10.6 Å². The number of carbonyl (C=O) groups is 2. The van der Waals surface area contributed by atoms with Gasteiger partial charge in [-0.05, 0) is 26.3 Å². The molecule has 0 aromatic heterocycles. The highest BCUT2D eigenvalue weighted by Crippen LogP contribution is 2.10. The zero-order chi connectivity index (χ0) is 14.3. The van der Waals surface area contributed by atoms with Crippen molar-refractivity contribution in [3.63, 3.8) is 0 Å². The predicted octanol–water partition coefficient (Wildman–Crippen LogP) is 2.00. The highest BCUT2D eigenvalue weighted by molar-refractivity contribution is 5.85. The third-order valence-corrected chi connectivity index (χ3v) is 2.66. The maximum absolute atomic E-state index is 11.9. The summed E-state index contributed by atoms with van der Waals surface area (Å²) in [4.78, 5) is 23.1. The summed E-state index contributed by atoms with van der Waals surface area (Å²) in [6.45, 7) is 5.50. The number of amides is 2. The highest BCUT2D eigenvalue weighted by atomic mass is 16.5. The highest BCUT2D eigenvalue weighted by Gasteiger charge is 2.18. The van der Waals surface area contributed by atoms with Gasteiger partial charge >= 0.3 is 6.09 Å². The summed E-state index contributed by atoms with van der Waals surface area (Å²) in [5, 5.41) is 5.30. The molecule has 0 heterocycles. The van der Waals surface area contributed by atoms with Crippen LogP contribution in [-0.2, 0) is 9.53 Å². The van der Waals surface area contributed by atoms with E-state index in [-0.39, 0.29) is 18.6 Å². The molecule has 104 valence electrons. The van der Waals surface area contributed by atoms with Crippen LogP contribution < -0.4 is 10.6 Å². The Hall–Kier alpha value is -2.04. The van der Waals surface area contributed by atoms with Crippen molar-refractivity contribution in [2.24, 2.45) is 0 Å². The largest absolute Gasteiger partial charge is 0.450 e. The Kier molecular flexibility index (Phi) is 5.85. The van der Waals surface area contributed by atoms with E-state index in [9.17, 15) is 9.59 Å². The van der Waals surface area contributed by atoms with E-state index >= 15 is 0 Å². The van der Waals surface area contributed by atoms with Gasteiger partial charge in [0.25, 0.3) is 0 Å². The van der Waals surface area contributed by atoms with Crippen molar-refractivity contribution in [2.45, 2.75) is 32.9 Å². The Morgan fingerprint density at radius 1 is 1.16 bits per heavy atom. The van der Waals surface area contributed by atoms with Crippen molar-refractivity contribution in [3.8, 4) is 0 Å². The number of alkyl carbamates (subject to hydrolysis) is 1. The van der Waals surface area contributed by atoms with Crippen molar-refractivity contribution >= 4 is 12.0 Å². The maximum Gasteiger partial charge on any atom is 0.407 e. The fraction of sp³-hybridized carbons (Fsp3) is 0.429. The lowest BCUT2D eigenvalue weighted by Gasteiger charge is -2.18. The van der Waals surface area contributed by atoms with Gasteiger partial charge in [0.05, 0.1) is 12.6 Å². The van der Waals surface area contributed by atoms with Crippen LogP contribution in [0.3, 0.4) is 0 Å². The van der Waals surface area contributed by atoms with Crippen LogP contribution in [0.15, 0.2) is 30.3 Å². The lowest BCUT2D eigenvalue weighted by Crippen LogP contribution is -2.45. The van der Waals surface area contributed by atoms with Crippen LogP contribution in [-0.4, -0.2) is 24.6 Å². The topological polar surface area (TPSA) is 67.4 Å². The van der Waals surface area contributed by atoms with Gasteiger partial charge < -0.3 is 15.4 Å². The fourth-order valence-electron chi connectivity index (χ4n) is 1.58. The Morgan fingerprint density at radius 3 is 2.37 bits per heavy atom. The first-order valence-corrected chi connectivity index (χ1v) is 6.33. The zero-order valence-corrected chi connectivity index (χ0v) is 11.5. The predicted molar refractivity (Wildman–Crippen MR) is 72.6 cm³/mol. The average Bonchev–Trinajstić information content (AvgIpc) is 2.39. The van der Waals surface area contributed by atoms with Gasteiger partial charge in [-0.25, -0.2) is 4.79 Å². The molecule has 0 aliphatic carbocycles. The molecule has 1 aromatic rings. The Balaban J connectivity index is 2.48. The number of hydrogen-bond acceptors (Lipinski definition) is 3. The molecule has 19 heavy (non-hydrogen) atoms. The molecule has 2 N–H and O–H groups in total. The monoisotopic (exact) mass is 264 g/mol. The third kappa shape index (κ3) is 4.99. The summed E-state index contributed by atoms with van der Waals surface area (Å²) in [6.07, 6.45) is -0.586. The summed E-state index contributed by atoms with van der Waals surface area (Å²) in [7, 11) is 0. The minimum atomic E-state index is -0.634. The van der Waals surface area contributed by atoms with E-state index in [0.717, 1.165) is 5.56 Å². The van der Waals surface area contributed by atoms with E-state index in [1.807, 2.05) is 37.3 Å². The fourth-order valence-corrected chi connectivity index (χ4v) is 1.58. The molecular formula is C14H20N2O3. The lowest BCUT2D eigenvalue weighted by molar-refractivity contribution is -0.123. The molecule has 2 atom stereocenters. The molecule has 2 amide bonds. The van der Waals surface area contributed by atoms with Crippen molar-refractivity contribution in [1.29, 1.82) is 0 Å². The van der Waals surface area contributed by atoms with Crippen LogP contribution >= 0.6 is 0 Å². The van der Waals surface area contributed by atoms with Crippen molar-refractivity contribution in [3.05, 3.63) is 35.9 Å². The van der Waals surface area contributed by atoms with E-state index in [1.165, 1.54) is 0 Å².